The molecule has 1 heterocycles. The van der Waals surface area contributed by atoms with Crippen LogP contribution in [0.5, 0.6) is 0 Å². The SMILES string of the molecule is CC1(C)CCC2(C(=O)OC3OC(CO)C(O)C(O)C3O)CCC3(C)C(=CCC4C5(C)CCC(OC(OCC(=O)O)C(=O)O)C(C)(C)C5CCC43C)C2C1. The van der Waals surface area contributed by atoms with Crippen molar-refractivity contribution in [3.63, 3.8) is 0 Å². The van der Waals surface area contributed by atoms with Crippen molar-refractivity contribution in [2.45, 2.75) is 156 Å². The molecule has 0 amide bonds. The monoisotopic (exact) mass is 750 g/mol. The summed E-state index contributed by atoms with van der Waals surface area (Å²) in [6.45, 7) is 14.6. The summed E-state index contributed by atoms with van der Waals surface area (Å²) in [5.41, 5.74) is -0.402. The molecule has 53 heavy (non-hydrogen) atoms. The van der Waals surface area contributed by atoms with Gasteiger partial charge in [-0.05, 0) is 109 Å². The molecule has 0 radical (unpaired) electrons. The van der Waals surface area contributed by atoms with Crippen LogP contribution in [0.4, 0.5) is 0 Å². The Morgan fingerprint density at radius 1 is 0.868 bits per heavy atom. The van der Waals surface area contributed by atoms with Crippen LogP contribution in [0.2, 0.25) is 0 Å². The fourth-order valence-corrected chi connectivity index (χ4v) is 12.7. The fourth-order valence-electron chi connectivity index (χ4n) is 12.7. The standard InChI is InChI=1S/C40H62O13/c1-35(2)14-16-40(34(49)53-32-30(46)29(45)28(44)23(19-41)51-32)17-15-38(6)21(22(40)18-35)8-9-25-37(5)12-11-26(52-33(31(47)48)50-20-27(42)43)36(3,4)24(37)10-13-39(25,38)7/h8,22-26,28-30,32-33,41,44-46H,9-20H2,1-7H3,(H,42,43)(H,47,48). The molecule has 14 unspecified atom stereocenters. The van der Waals surface area contributed by atoms with Crippen molar-refractivity contribution in [2.24, 2.45) is 50.2 Å². The van der Waals surface area contributed by atoms with Gasteiger partial charge in [-0.1, -0.05) is 60.1 Å². The van der Waals surface area contributed by atoms with Crippen LogP contribution >= 0.6 is 0 Å². The first-order valence-electron chi connectivity index (χ1n) is 19.5. The number of carboxylic acids is 2. The molecule has 14 atom stereocenters. The van der Waals surface area contributed by atoms with Crippen molar-refractivity contribution in [3.8, 4) is 0 Å². The van der Waals surface area contributed by atoms with Crippen LogP contribution in [0.3, 0.4) is 0 Å². The number of carbonyl (C=O) groups excluding carboxylic acids is 1. The van der Waals surface area contributed by atoms with E-state index in [0.29, 0.717) is 25.2 Å². The van der Waals surface area contributed by atoms with Gasteiger partial charge >= 0.3 is 17.9 Å². The van der Waals surface area contributed by atoms with Crippen LogP contribution < -0.4 is 0 Å². The number of ether oxygens (including phenoxy) is 4. The Morgan fingerprint density at radius 2 is 1.55 bits per heavy atom. The first kappa shape index (κ1) is 40.5. The summed E-state index contributed by atoms with van der Waals surface area (Å²) in [4.78, 5) is 37.6. The summed E-state index contributed by atoms with van der Waals surface area (Å²) in [7, 11) is 0. The Morgan fingerprint density at radius 3 is 2.19 bits per heavy atom. The molecule has 5 fully saturated rings. The number of aliphatic hydroxyl groups is 4. The van der Waals surface area contributed by atoms with Gasteiger partial charge in [0.1, 0.15) is 31.0 Å². The minimum Gasteiger partial charge on any atom is -0.480 e. The normalized spacial score (nSPS) is 46.3. The zero-order valence-electron chi connectivity index (χ0n) is 32.4. The van der Waals surface area contributed by atoms with Crippen LogP contribution in [-0.4, -0.2) is 105 Å². The van der Waals surface area contributed by atoms with Gasteiger partial charge in [0.15, 0.2) is 0 Å². The third-order valence-electron chi connectivity index (χ3n) is 15.9. The van der Waals surface area contributed by atoms with Crippen molar-refractivity contribution in [2.75, 3.05) is 13.2 Å². The zero-order chi connectivity index (χ0) is 39.1. The van der Waals surface area contributed by atoms with E-state index in [1.165, 1.54) is 5.57 Å². The van der Waals surface area contributed by atoms with Crippen LogP contribution in [-0.2, 0) is 33.3 Å². The largest absolute Gasteiger partial charge is 0.480 e. The average molecular weight is 751 g/mol. The summed E-state index contributed by atoms with van der Waals surface area (Å²) in [5.74, 6) is -2.66. The van der Waals surface area contributed by atoms with Crippen molar-refractivity contribution < 1.29 is 64.0 Å². The number of allylic oxidation sites excluding steroid dienone is 2. The highest BCUT2D eigenvalue weighted by Crippen LogP contribution is 2.76. The molecule has 0 aromatic rings. The van der Waals surface area contributed by atoms with Gasteiger partial charge < -0.3 is 49.6 Å². The van der Waals surface area contributed by atoms with Crippen LogP contribution in [0.15, 0.2) is 11.6 Å². The molecule has 5 aliphatic carbocycles. The molecule has 0 spiro atoms. The molecule has 0 bridgehead atoms. The summed E-state index contributed by atoms with van der Waals surface area (Å²) >= 11 is 0. The summed E-state index contributed by atoms with van der Waals surface area (Å²) in [6.07, 6.45) is 0.469. The second-order valence-corrected chi connectivity index (χ2v) is 19.3. The summed E-state index contributed by atoms with van der Waals surface area (Å²) < 4.78 is 22.8. The smallest absolute Gasteiger partial charge is 0.361 e. The van der Waals surface area contributed by atoms with Crippen LogP contribution in [0.25, 0.3) is 0 Å². The molecule has 6 aliphatic rings. The average Bonchev–Trinajstić information content (AvgIpc) is 3.07. The molecule has 6 rings (SSSR count). The van der Waals surface area contributed by atoms with E-state index < -0.39 is 85.1 Å². The number of carboxylic acid groups (broad SMARTS) is 2. The van der Waals surface area contributed by atoms with E-state index in [0.717, 1.165) is 44.9 Å². The third-order valence-corrected chi connectivity index (χ3v) is 15.9. The first-order valence-corrected chi connectivity index (χ1v) is 19.5. The van der Waals surface area contributed by atoms with Crippen molar-refractivity contribution in [1.29, 1.82) is 0 Å². The van der Waals surface area contributed by atoms with Crippen molar-refractivity contribution >= 4 is 17.9 Å². The number of carbonyl (C=O) groups is 3. The van der Waals surface area contributed by atoms with E-state index in [4.69, 9.17) is 24.1 Å². The van der Waals surface area contributed by atoms with E-state index in [-0.39, 0.29) is 33.5 Å². The molecule has 0 aromatic heterocycles. The number of esters is 1. The topological polar surface area (TPSA) is 210 Å². The molecule has 1 saturated heterocycles. The molecular weight excluding hydrogens is 688 g/mol. The zero-order valence-corrected chi connectivity index (χ0v) is 32.4. The van der Waals surface area contributed by atoms with Gasteiger partial charge in [-0.25, -0.2) is 9.59 Å². The molecule has 300 valence electrons. The molecular formula is C40H62O13. The number of aliphatic hydroxyl groups excluding tert-OH is 4. The Kier molecular flexibility index (Phi) is 10.6. The van der Waals surface area contributed by atoms with E-state index >= 15 is 0 Å². The lowest BCUT2D eigenvalue weighted by molar-refractivity contribution is -0.297. The Balaban J connectivity index is 1.29. The number of aliphatic carboxylic acids is 2. The molecule has 0 aromatic carbocycles. The highest BCUT2D eigenvalue weighted by molar-refractivity contribution is 5.79. The second-order valence-electron chi connectivity index (χ2n) is 19.3. The van der Waals surface area contributed by atoms with Gasteiger partial charge in [0.05, 0.1) is 18.1 Å². The van der Waals surface area contributed by atoms with Crippen molar-refractivity contribution in [3.05, 3.63) is 11.6 Å². The van der Waals surface area contributed by atoms with Crippen LogP contribution in [0, 0.1) is 50.2 Å². The lowest BCUT2D eigenvalue weighted by Gasteiger charge is -2.71. The minimum absolute atomic E-state index is 0.0253. The predicted molar refractivity (Wildman–Crippen MR) is 189 cm³/mol. The number of hydrogen-bond donors (Lipinski definition) is 6. The molecule has 13 nitrogen and oxygen atoms in total. The van der Waals surface area contributed by atoms with Gasteiger partial charge in [-0.2, -0.15) is 0 Å². The highest BCUT2D eigenvalue weighted by atomic mass is 16.7. The Bertz CT molecular complexity index is 1470. The number of rotatable bonds is 9. The van der Waals surface area contributed by atoms with Gasteiger partial charge in [0, 0.05) is 0 Å². The highest BCUT2D eigenvalue weighted by Gasteiger charge is 2.70. The third kappa shape index (κ3) is 6.38. The second kappa shape index (κ2) is 13.8. The maximum atomic E-state index is 14.5. The summed E-state index contributed by atoms with van der Waals surface area (Å²) in [5, 5.41) is 60.1. The van der Waals surface area contributed by atoms with Gasteiger partial charge in [0.25, 0.3) is 6.29 Å². The lowest BCUT2D eigenvalue weighted by atomic mass is 9.33. The van der Waals surface area contributed by atoms with E-state index in [1.54, 1.807) is 0 Å². The van der Waals surface area contributed by atoms with Gasteiger partial charge in [0.2, 0.25) is 6.29 Å². The van der Waals surface area contributed by atoms with Gasteiger partial charge in [-0.3, -0.25) is 4.79 Å². The molecule has 6 N–H and O–H groups in total. The Hall–Kier alpha value is -2.13. The Labute approximate surface area is 312 Å². The maximum Gasteiger partial charge on any atom is 0.361 e. The predicted octanol–water partition coefficient (Wildman–Crippen LogP) is 4.03. The van der Waals surface area contributed by atoms with E-state index in [1.807, 2.05) is 0 Å². The lowest BCUT2D eigenvalue weighted by Crippen LogP contribution is -2.65. The molecule has 13 heteroatoms. The minimum atomic E-state index is -1.66. The van der Waals surface area contributed by atoms with Crippen molar-refractivity contribution in [1.82, 2.24) is 0 Å². The number of fused-ring (bicyclic) bond motifs is 7. The quantitative estimate of drug-likeness (QED) is 0.112. The van der Waals surface area contributed by atoms with Crippen LogP contribution in [0.1, 0.15) is 113 Å². The van der Waals surface area contributed by atoms with E-state index in [9.17, 15) is 39.9 Å². The molecule has 1 aliphatic heterocycles. The fraction of sp³-hybridized carbons (Fsp3) is 0.875. The van der Waals surface area contributed by atoms with E-state index in [2.05, 4.69) is 54.5 Å². The number of hydrogen-bond acceptors (Lipinski definition) is 11. The van der Waals surface area contributed by atoms with Gasteiger partial charge in [-0.15, -0.1) is 0 Å². The molecule has 4 saturated carbocycles. The summed E-state index contributed by atoms with van der Waals surface area (Å²) in [6, 6.07) is 0. The maximum absolute atomic E-state index is 14.5. The first-order chi connectivity index (χ1) is 24.6.